The lowest BCUT2D eigenvalue weighted by atomic mass is 9.86. The first-order valence-corrected chi connectivity index (χ1v) is 14.5. The van der Waals surface area contributed by atoms with E-state index in [1.54, 1.807) is 7.11 Å². The average molecular weight is 350 g/mol. The Morgan fingerprint density at radius 3 is 2.22 bits per heavy atom. The summed E-state index contributed by atoms with van der Waals surface area (Å²) in [5.41, 5.74) is 4.98. The molecule has 1 heterocycles. The van der Waals surface area contributed by atoms with Gasteiger partial charge in [0.05, 0.1) is 13.2 Å². The van der Waals surface area contributed by atoms with Crippen molar-refractivity contribution in [3.8, 4) is 17.2 Å². The second-order valence-corrected chi connectivity index (χ2v) is 15.3. The summed E-state index contributed by atoms with van der Waals surface area (Å²) < 4.78 is 11.8. The molecule has 1 aromatic rings. The summed E-state index contributed by atoms with van der Waals surface area (Å²) in [5, 5.41) is 0. The maximum Gasteiger partial charge on any atom is 0.171 e. The number of hydrogen-bond donors (Lipinski definition) is 0. The Bertz CT molecular complexity index is 590. The molecule has 0 bridgehead atoms. The van der Waals surface area contributed by atoms with Gasteiger partial charge >= 0.3 is 0 Å². The third-order valence-electron chi connectivity index (χ3n) is 3.11. The van der Waals surface area contributed by atoms with E-state index < -0.39 is 17.1 Å². The molecule has 0 saturated heterocycles. The third kappa shape index (κ3) is 6.50. The first-order valence-electron chi connectivity index (χ1n) is 8.17. The van der Waals surface area contributed by atoms with Crippen molar-refractivity contribution in [2.24, 2.45) is 5.41 Å². The lowest BCUT2D eigenvalue weighted by molar-refractivity contribution is 0.0799. The van der Waals surface area contributed by atoms with Crippen molar-refractivity contribution >= 4 is 17.1 Å². The summed E-state index contributed by atoms with van der Waals surface area (Å²) in [5.74, 6) is 4.01. The summed E-state index contributed by atoms with van der Waals surface area (Å²) >= 11 is 0. The van der Waals surface area contributed by atoms with Crippen molar-refractivity contribution in [2.75, 3.05) is 7.11 Å². The SMILES string of the molecule is COc1ccc(C#C[Si](C)(C)C)nc1C(O[SiH](C)C)C(C)(C)C. The van der Waals surface area contributed by atoms with Crippen LogP contribution in [0.2, 0.25) is 32.7 Å². The highest BCUT2D eigenvalue weighted by Gasteiger charge is 2.31. The quantitative estimate of drug-likeness (QED) is 0.596. The van der Waals surface area contributed by atoms with E-state index in [2.05, 4.69) is 65.0 Å². The van der Waals surface area contributed by atoms with Crippen LogP contribution in [0.1, 0.15) is 38.3 Å². The summed E-state index contributed by atoms with van der Waals surface area (Å²) in [7, 11) is -0.959. The van der Waals surface area contributed by atoms with Crippen LogP contribution in [0.4, 0.5) is 0 Å². The van der Waals surface area contributed by atoms with Crippen molar-refractivity contribution in [1.29, 1.82) is 0 Å². The average Bonchev–Trinajstić information content (AvgIpc) is 2.40. The lowest BCUT2D eigenvalue weighted by Crippen LogP contribution is -2.27. The zero-order chi connectivity index (χ0) is 17.8. The van der Waals surface area contributed by atoms with Gasteiger partial charge in [0, 0.05) is 0 Å². The highest BCUT2D eigenvalue weighted by Crippen LogP contribution is 2.39. The van der Waals surface area contributed by atoms with Crippen LogP contribution in [0.25, 0.3) is 0 Å². The van der Waals surface area contributed by atoms with Gasteiger partial charge in [-0.25, -0.2) is 4.98 Å². The van der Waals surface area contributed by atoms with E-state index in [9.17, 15) is 0 Å². The molecule has 0 amide bonds. The second-order valence-electron chi connectivity index (χ2n) is 8.21. The number of aromatic nitrogens is 1. The topological polar surface area (TPSA) is 31.4 Å². The van der Waals surface area contributed by atoms with Crippen molar-refractivity contribution in [1.82, 2.24) is 4.98 Å². The summed E-state index contributed by atoms with van der Waals surface area (Å²) in [4.78, 5) is 4.79. The molecule has 0 saturated carbocycles. The van der Waals surface area contributed by atoms with E-state index >= 15 is 0 Å². The van der Waals surface area contributed by atoms with Crippen molar-refractivity contribution in [3.05, 3.63) is 23.5 Å². The summed E-state index contributed by atoms with van der Waals surface area (Å²) in [6.07, 6.45) is -0.0854. The minimum absolute atomic E-state index is 0.0532. The fraction of sp³-hybridized carbons (Fsp3) is 0.611. The first-order chi connectivity index (χ1) is 10.4. The highest BCUT2D eigenvalue weighted by molar-refractivity contribution is 6.83. The summed E-state index contributed by atoms with van der Waals surface area (Å²) in [6, 6.07) is 3.89. The maximum atomic E-state index is 6.30. The van der Waals surface area contributed by atoms with Gasteiger partial charge in [0.15, 0.2) is 9.04 Å². The molecule has 23 heavy (non-hydrogen) atoms. The standard InChI is InChI=1S/C18H31NO2Si2/c1-18(2,3)17(21-22(5)6)16-15(20-4)11-10-14(19-16)12-13-23(7,8)9/h10-11,17,22H,1-9H3. The molecule has 0 N–H and O–H groups in total. The number of methoxy groups -OCH3 is 1. The maximum absolute atomic E-state index is 6.30. The summed E-state index contributed by atoms with van der Waals surface area (Å²) in [6.45, 7) is 17.6. The third-order valence-corrected chi connectivity index (χ3v) is 4.81. The normalized spacial score (nSPS) is 13.5. The number of ether oxygens (including phenoxy) is 1. The highest BCUT2D eigenvalue weighted by atomic mass is 28.3. The van der Waals surface area contributed by atoms with Crippen molar-refractivity contribution in [2.45, 2.75) is 59.6 Å². The molecule has 1 rings (SSSR count). The molecule has 1 unspecified atom stereocenters. The van der Waals surface area contributed by atoms with Crippen LogP contribution in [0, 0.1) is 16.9 Å². The van der Waals surface area contributed by atoms with Crippen LogP contribution >= 0.6 is 0 Å². The Morgan fingerprint density at radius 2 is 1.78 bits per heavy atom. The zero-order valence-corrected chi connectivity index (χ0v) is 18.2. The van der Waals surface area contributed by atoms with E-state index in [4.69, 9.17) is 14.1 Å². The minimum Gasteiger partial charge on any atom is -0.495 e. The van der Waals surface area contributed by atoms with Gasteiger partial charge < -0.3 is 9.16 Å². The smallest absolute Gasteiger partial charge is 0.171 e. The molecule has 0 aromatic carbocycles. The van der Waals surface area contributed by atoms with Gasteiger partial charge in [0.2, 0.25) is 0 Å². The van der Waals surface area contributed by atoms with Crippen molar-refractivity contribution in [3.63, 3.8) is 0 Å². The number of rotatable bonds is 4. The van der Waals surface area contributed by atoms with E-state index in [0.717, 1.165) is 17.1 Å². The van der Waals surface area contributed by atoms with Gasteiger partial charge in [0.1, 0.15) is 25.2 Å². The van der Waals surface area contributed by atoms with Crippen LogP contribution in [0.5, 0.6) is 5.75 Å². The van der Waals surface area contributed by atoms with Crippen molar-refractivity contribution < 1.29 is 9.16 Å². The minimum atomic E-state index is -1.43. The van der Waals surface area contributed by atoms with E-state index in [0.29, 0.717) is 0 Å². The van der Waals surface area contributed by atoms with Crippen LogP contribution in [-0.4, -0.2) is 29.2 Å². The molecule has 0 aliphatic rings. The van der Waals surface area contributed by atoms with Crippen LogP contribution < -0.4 is 4.74 Å². The van der Waals surface area contributed by atoms with Gasteiger partial charge in [-0.1, -0.05) is 46.3 Å². The predicted molar refractivity (Wildman–Crippen MR) is 103 cm³/mol. The molecule has 0 aliphatic carbocycles. The first kappa shape index (κ1) is 19.9. The molecule has 3 nitrogen and oxygen atoms in total. The fourth-order valence-electron chi connectivity index (χ4n) is 2.09. The van der Waals surface area contributed by atoms with Gasteiger partial charge in [-0.2, -0.15) is 0 Å². The molecule has 0 aliphatic heterocycles. The Kier molecular flexibility index (Phi) is 6.63. The Hall–Kier alpha value is -1.10. The Balaban J connectivity index is 3.37. The molecule has 1 atom stereocenters. The molecule has 5 heteroatoms. The number of pyridine rings is 1. The molecule has 0 radical (unpaired) electrons. The van der Waals surface area contributed by atoms with Gasteiger partial charge in [-0.3, -0.25) is 0 Å². The monoisotopic (exact) mass is 349 g/mol. The number of hydrogen-bond acceptors (Lipinski definition) is 3. The lowest BCUT2D eigenvalue weighted by Gasteiger charge is -2.33. The van der Waals surface area contributed by atoms with Crippen LogP contribution in [0.3, 0.4) is 0 Å². The van der Waals surface area contributed by atoms with E-state index in [-0.39, 0.29) is 11.5 Å². The fourth-order valence-corrected chi connectivity index (χ4v) is 3.68. The van der Waals surface area contributed by atoms with Gasteiger partial charge in [-0.15, -0.1) is 5.54 Å². The van der Waals surface area contributed by atoms with Crippen LogP contribution in [-0.2, 0) is 4.43 Å². The Labute approximate surface area is 144 Å². The van der Waals surface area contributed by atoms with Gasteiger partial charge in [-0.05, 0) is 30.6 Å². The van der Waals surface area contributed by atoms with E-state index in [1.165, 1.54) is 0 Å². The number of nitrogens with zero attached hydrogens (tertiary/aromatic N) is 1. The molecule has 0 spiro atoms. The van der Waals surface area contributed by atoms with Crippen LogP contribution in [0.15, 0.2) is 12.1 Å². The van der Waals surface area contributed by atoms with E-state index in [1.807, 2.05) is 12.1 Å². The Morgan fingerprint density at radius 1 is 1.17 bits per heavy atom. The largest absolute Gasteiger partial charge is 0.495 e. The molecule has 0 fully saturated rings. The van der Waals surface area contributed by atoms with Gasteiger partial charge in [0.25, 0.3) is 0 Å². The molecule has 1 aromatic heterocycles. The molecular weight excluding hydrogens is 318 g/mol. The second kappa shape index (κ2) is 7.65. The predicted octanol–water partition coefficient (Wildman–Crippen LogP) is 4.41. The molecular formula is C18H31NO2Si2. The zero-order valence-electron chi connectivity index (χ0n) is 16.1. The molecule has 128 valence electrons.